The lowest BCUT2D eigenvalue weighted by Gasteiger charge is -2.12. The van der Waals surface area contributed by atoms with E-state index in [1.54, 1.807) is 6.92 Å². The van der Waals surface area contributed by atoms with Crippen molar-refractivity contribution in [1.29, 1.82) is 0 Å². The number of carbonyl (C=O) groups is 2. The average Bonchev–Trinajstić information content (AvgIpc) is 2.24. The molecule has 7 heteroatoms. The van der Waals surface area contributed by atoms with Crippen molar-refractivity contribution in [3.05, 3.63) is 28.5 Å². The maximum absolute atomic E-state index is 11.6. The number of halogens is 1. The van der Waals surface area contributed by atoms with Crippen molar-refractivity contribution >= 4 is 23.5 Å². The van der Waals surface area contributed by atoms with E-state index in [1.807, 2.05) is 0 Å². The van der Waals surface area contributed by atoms with Crippen LogP contribution in [0.2, 0.25) is 5.02 Å². The molecule has 0 aliphatic heterocycles. The molecule has 1 atom stereocenters. The number of aliphatic hydroxyl groups is 1. The molecule has 0 aliphatic carbocycles. The molecule has 0 unspecified atom stereocenters. The van der Waals surface area contributed by atoms with Crippen LogP contribution in [0, 0.1) is 6.92 Å². The van der Waals surface area contributed by atoms with Crippen LogP contribution in [0.25, 0.3) is 0 Å². The molecule has 1 heterocycles. The topological polar surface area (TPSA) is 99.5 Å². The highest BCUT2D eigenvalue weighted by Gasteiger charge is 2.21. The highest BCUT2D eigenvalue weighted by molar-refractivity contribution is 6.33. The predicted octanol–water partition coefficient (Wildman–Crippen LogP) is 0.219. The van der Waals surface area contributed by atoms with Crippen LogP contribution in [-0.4, -0.2) is 39.7 Å². The second-order valence-electron chi connectivity index (χ2n) is 3.35. The van der Waals surface area contributed by atoms with Gasteiger partial charge in [-0.25, -0.2) is 4.79 Å². The molecular formula is C10H11ClN2O4. The van der Waals surface area contributed by atoms with E-state index in [1.165, 1.54) is 12.3 Å². The van der Waals surface area contributed by atoms with Gasteiger partial charge in [-0.15, -0.1) is 0 Å². The fraction of sp³-hybridized carbons (Fsp3) is 0.300. The number of aliphatic hydroxyl groups excluding tert-OH is 1. The number of carboxylic acids is 1. The maximum atomic E-state index is 11.6. The van der Waals surface area contributed by atoms with E-state index >= 15 is 0 Å². The third-order valence-electron chi connectivity index (χ3n) is 2.02. The van der Waals surface area contributed by atoms with Gasteiger partial charge in [0, 0.05) is 11.9 Å². The van der Waals surface area contributed by atoms with Gasteiger partial charge in [0.1, 0.15) is 0 Å². The lowest BCUT2D eigenvalue weighted by Crippen LogP contribution is -2.43. The largest absolute Gasteiger partial charge is 0.480 e. The first-order chi connectivity index (χ1) is 7.95. The van der Waals surface area contributed by atoms with E-state index in [0.717, 1.165) is 0 Å². The number of pyridine rings is 1. The van der Waals surface area contributed by atoms with Crippen molar-refractivity contribution in [2.45, 2.75) is 13.0 Å². The van der Waals surface area contributed by atoms with E-state index in [0.29, 0.717) is 5.69 Å². The maximum Gasteiger partial charge on any atom is 0.328 e. The van der Waals surface area contributed by atoms with Gasteiger partial charge in [0.05, 0.1) is 17.2 Å². The van der Waals surface area contributed by atoms with E-state index in [-0.39, 0.29) is 10.6 Å². The van der Waals surface area contributed by atoms with Gasteiger partial charge in [-0.1, -0.05) is 11.6 Å². The molecule has 1 aromatic rings. The number of nitrogens with one attached hydrogen (secondary N) is 1. The van der Waals surface area contributed by atoms with E-state index < -0.39 is 24.5 Å². The Labute approximate surface area is 102 Å². The number of carbonyl (C=O) groups excluding carboxylic acids is 1. The highest BCUT2D eigenvalue weighted by atomic mass is 35.5. The highest BCUT2D eigenvalue weighted by Crippen LogP contribution is 2.15. The van der Waals surface area contributed by atoms with Crippen LogP contribution >= 0.6 is 11.6 Å². The number of hydrogen-bond donors (Lipinski definition) is 3. The second-order valence-corrected chi connectivity index (χ2v) is 3.76. The zero-order valence-corrected chi connectivity index (χ0v) is 9.73. The smallest absolute Gasteiger partial charge is 0.328 e. The molecule has 0 radical (unpaired) electrons. The quantitative estimate of drug-likeness (QED) is 0.717. The molecular weight excluding hydrogens is 248 g/mol. The summed E-state index contributed by atoms with van der Waals surface area (Å²) in [7, 11) is 0. The summed E-state index contributed by atoms with van der Waals surface area (Å²) in [6, 6.07) is 0.130. The summed E-state index contributed by atoms with van der Waals surface area (Å²) in [4.78, 5) is 26.1. The molecule has 1 amide bonds. The minimum absolute atomic E-state index is 0.0666. The van der Waals surface area contributed by atoms with Crippen LogP contribution in [0.4, 0.5) is 0 Å². The van der Waals surface area contributed by atoms with Gasteiger partial charge in [-0.2, -0.15) is 0 Å². The molecule has 0 fully saturated rings. The van der Waals surface area contributed by atoms with Crippen LogP contribution in [0.3, 0.4) is 0 Å². The second kappa shape index (κ2) is 5.60. The number of aliphatic carboxylic acids is 1. The minimum atomic E-state index is -1.36. The van der Waals surface area contributed by atoms with Crippen molar-refractivity contribution in [3.8, 4) is 0 Å². The van der Waals surface area contributed by atoms with Crippen LogP contribution in [-0.2, 0) is 4.79 Å². The number of hydrogen-bond acceptors (Lipinski definition) is 4. The normalized spacial score (nSPS) is 11.9. The van der Waals surface area contributed by atoms with Gasteiger partial charge >= 0.3 is 5.97 Å². The molecule has 1 aromatic heterocycles. The summed E-state index contributed by atoms with van der Waals surface area (Å²) in [6.07, 6.45) is 1.25. The minimum Gasteiger partial charge on any atom is -0.480 e. The molecule has 92 valence electrons. The Kier molecular flexibility index (Phi) is 4.42. The Balaban J connectivity index is 2.86. The number of aryl methyl sites for hydroxylation is 1. The van der Waals surface area contributed by atoms with E-state index in [2.05, 4.69) is 10.3 Å². The number of aromatic nitrogens is 1. The lowest BCUT2D eigenvalue weighted by atomic mass is 10.2. The van der Waals surface area contributed by atoms with Gasteiger partial charge in [0.2, 0.25) is 0 Å². The fourth-order valence-electron chi connectivity index (χ4n) is 1.12. The number of nitrogens with zero attached hydrogens (tertiary/aromatic N) is 1. The fourth-order valence-corrected chi connectivity index (χ4v) is 1.41. The van der Waals surface area contributed by atoms with E-state index in [9.17, 15) is 9.59 Å². The van der Waals surface area contributed by atoms with Crippen molar-refractivity contribution in [3.63, 3.8) is 0 Å². The molecule has 0 aromatic carbocycles. The van der Waals surface area contributed by atoms with Crippen LogP contribution in [0.5, 0.6) is 0 Å². The third-order valence-corrected chi connectivity index (χ3v) is 2.33. The molecule has 6 nitrogen and oxygen atoms in total. The summed E-state index contributed by atoms with van der Waals surface area (Å²) in [5, 5.41) is 19.7. The Morgan fingerprint density at radius 3 is 2.71 bits per heavy atom. The summed E-state index contributed by atoms with van der Waals surface area (Å²) < 4.78 is 0. The van der Waals surface area contributed by atoms with Gasteiger partial charge < -0.3 is 15.5 Å². The Bertz CT molecular complexity index is 450. The first kappa shape index (κ1) is 13.4. The van der Waals surface area contributed by atoms with Gasteiger partial charge in [-0.05, 0) is 13.0 Å². The first-order valence-corrected chi connectivity index (χ1v) is 5.10. The molecule has 17 heavy (non-hydrogen) atoms. The SMILES string of the molecule is Cc1cc(Cl)c(C(=O)N[C@@H](CO)C(=O)O)cn1. The van der Waals surface area contributed by atoms with Crippen molar-refractivity contribution in [2.24, 2.45) is 0 Å². The van der Waals surface area contributed by atoms with Crippen LogP contribution in [0.15, 0.2) is 12.3 Å². The molecule has 0 aliphatic rings. The first-order valence-electron chi connectivity index (χ1n) is 4.72. The predicted molar refractivity (Wildman–Crippen MR) is 60.0 cm³/mol. The average molecular weight is 259 g/mol. The van der Waals surface area contributed by atoms with Gasteiger partial charge in [-0.3, -0.25) is 9.78 Å². The Morgan fingerprint density at radius 1 is 1.59 bits per heavy atom. The lowest BCUT2D eigenvalue weighted by molar-refractivity contribution is -0.140. The summed E-state index contributed by atoms with van der Waals surface area (Å²) >= 11 is 5.82. The third kappa shape index (κ3) is 3.40. The van der Waals surface area contributed by atoms with Crippen molar-refractivity contribution in [1.82, 2.24) is 10.3 Å². The van der Waals surface area contributed by atoms with Crippen LogP contribution < -0.4 is 5.32 Å². The standard InChI is InChI=1S/C10H11ClN2O4/c1-5-2-7(11)6(3-12-5)9(15)13-8(4-14)10(16)17/h2-3,8,14H,4H2,1H3,(H,13,15)(H,16,17)/t8-/m0/s1. The van der Waals surface area contributed by atoms with Crippen molar-refractivity contribution in [2.75, 3.05) is 6.61 Å². The molecule has 0 spiro atoms. The Hall–Kier alpha value is -1.66. The van der Waals surface area contributed by atoms with Gasteiger partial charge in [0.25, 0.3) is 5.91 Å². The number of rotatable bonds is 4. The number of amides is 1. The molecule has 0 saturated carbocycles. The summed E-state index contributed by atoms with van der Waals surface area (Å²) in [6.45, 7) is 1.01. The zero-order chi connectivity index (χ0) is 13.0. The molecule has 0 saturated heterocycles. The molecule has 0 bridgehead atoms. The zero-order valence-electron chi connectivity index (χ0n) is 8.98. The molecule has 3 N–H and O–H groups in total. The Morgan fingerprint density at radius 2 is 2.24 bits per heavy atom. The summed E-state index contributed by atoms with van der Waals surface area (Å²) in [5.41, 5.74) is 0.709. The summed E-state index contributed by atoms with van der Waals surface area (Å²) in [5.74, 6) is -2.01. The molecule has 1 rings (SSSR count). The van der Waals surface area contributed by atoms with Gasteiger partial charge in [0.15, 0.2) is 6.04 Å². The number of carboxylic acid groups (broad SMARTS) is 1. The van der Waals surface area contributed by atoms with E-state index in [4.69, 9.17) is 21.8 Å². The van der Waals surface area contributed by atoms with Crippen molar-refractivity contribution < 1.29 is 19.8 Å². The monoisotopic (exact) mass is 258 g/mol. The van der Waals surface area contributed by atoms with Crippen LogP contribution in [0.1, 0.15) is 16.1 Å².